The van der Waals surface area contributed by atoms with Gasteiger partial charge in [0.1, 0.15) is 5.82 Å². The lowest BCUT2D eigenvalue weighted by molar-refractivity contribution is 0.183. The first-order chi connectivity index (χ1) is 12.8. The molecule has 0 radical (unpaired) electrons. The van der Waals surface area contributed by atoms with E-state index in [-0.39, 0.29) is 12.4 Å². The van der Waals surface area contributed by atoms with E-state index in [0.717, 1.165) is 25.6 Å². The van der Waals surface area contributed by atoms with E-state index in [9.17, 15) is 0 Å². The fourth-order valence-electron chi connectivity index (χ4n) is 4.66. The fraction of sp³-hybridized carbons (Fsp3) is 0.700. The highest BCUT2D eigenvalue weighted by Crippen LogP contribution is 2.56. The highest BCUT2D eigenvalue weighted by Gasteiger charge is 2.56. The van der Waals surface area contributed by atoms with Gasteiger partial charge in [-0.05, 0) is 57.5 Å². The molecule has 1 aliphatic heterocycles. The highest BCUT2D eigenvalue weighted by molar-refractivity contribution is 7.11. The average Bonchev–Trinajstić information content (AvgIpc) is 3.52. The van der Waals surface area contributed by atoms with Gasteiger partial charge >= 0.3 is 0 Å². The van der Waals surface area contributed by atoms with Crippen molar-refractivity contribution in [3.05, 3.63) is 34.3 Å². The number of halogens is 1. The summed E-state index contributed by atoms with van der Waals surface area (Å²) in [6, 6.07) is 0.707. The Bertz CT molecular complexity index is 762. The van der Waals surface area contributed by atoms with Crippen LogP contribution in [0, 0.1) is 5.41 Å². The van der Waals surface area contributed by atoms with Crippen LogP contribution < -0.4 is 5.32 Å². The van der Waals surface area contributed by atoms with E-state index in [1.165, 1.54) is 60.9 Å². The molecule has 7 heteroatoms. The Hall–Kier alpha value is -0.950. The largest absolute Gasteiger partial charge is 0.334 e. The van der Waals surface area contributed by atoms with Crippen molar-refractivity contribution in [1.29, 1.82) is 0 Å². The molecule has 27 heavy (non-hydrogen) atoms. The number of aryl methyl sites for hydroxylation is 1. The molecule has 1 spiro atoms. The third-order valence-corrected chi connectivity index (χ3v) is 7.68. The summed E-state index contributed by atoms with van der Waals surface area (Å²) in [6.07, 6.45) is 12.9. The molecule has 0 amide bonds. The lowest BCUT2D eigenvalue weighted by Crippen LogP contribution is -2.36. The van der Waals surface area contributed by atoms with Crippen molar-refractivity contribution in [3.8, 4) is 0 Å². The molecule has 5 nitrogen and oxygen atoms in total. The normalized spacial score (nSPS) is 23.6. The predicted octanol–water partition coefficient (Wildman–Crippen LogP) is 3.80. The SMILES string of the molecule is CCn1ccnc1CN(Cc1cnc(C2CC2)s1)C1CC12CCNCC2.Cl. The first kappa shape index (κ1) is 19.4. The third-order valence-electron chi connectivity index (χ3n) is 6.53. The minimum absolute atomic E-state index is 0. The van der Waals surface area contributed by atoms with Gasteiger partial charge in [0.25, 0.3) is 0 Å². The van der Waals surface area contributed by atoms with Crippen molar-refractivity contribution in [3.63, 3.8) is 0 Å². The molecule has 0 aromatic carbocycles. The first-order valence-electron chi connectivity index (χ1n) is 10.2. The molecule has 3 aliphatic rings. The molecule has 1 N–H and O–H groups in total. The summed E-state index contributed by atoms with van der Waals surface area (Å²) < 4.78 is 2.28. The smallest absolute Gasteiger partial charge is 0.122 e. The van der Waals surface area contributed by atoms with Crippen molar-refractivity contribution in [2.24, 2.45) is 5.41 Å². The van der Waals surface area contributed by atoms with E-state index >= 15 is 0 Å². The Morgan fingerprint density at radius 2 is 2.07 bits per heavy atom. The molecule has 3 heterocycles. The van der Waals surface area contributed by atoms with Gasteiger partial charge in [0.2, 0.25) is 0 Å². The van der Waals surface area contributed by atoms with E-state index in [2.05, 4.69) is 39.1 Å². The number of nitrogens with zero attached hydrogens (tertiary/aromatic N) is 4. The second-order valence-electron chi connectivity index (χ2n) is 8.31. The van der Waals surface area contributed by atoms with Gasteiger partial charge < -0.3 is 9.88 Å². The maximum atomic E-state index is 4.71. The zero-order chi connectivity index (χ0) is 17.6. The Balaban J connectivity index is 0.00000180. The average molecular weight is 408 g/mol. The molecule has 2 saturated carbocycles. The van der Waals surface area contributed by atoms with E-state index in [0.29, 0.717) is 11.5 Å². The zero-order valence-electron chi connectivity index (χ0n) is 16.1. The number of piperidine rings is 1. The molecular formula is C20H30ClN5S. The van der Waals surface area contributed by atoms with Gasteiger partial charge in [0.15, 0.2) is 0 Å². The predicted molar refractivity (Wildman–Crippen MR) is 111 cm³/mol. The standard InChI is InChI=1S/C20H29N5S.ClH/c1-2-24-10-9-22-18(24)14-25(17-11-20(17)5-7-21-8-6-20)13-16-12-23-19(26-16)15-3-4-15;/h9-10,12,15,17,21H,2-8,11,13-14H2,1H3;1H. The van der Waals surface area contributed by atoms with Gasteiger partial charge in [-0.3, -0.25) is 4.90 Å². The van der Waals surface area contributed by atoms with Crippen LogP contribution in [0.3, 0.4) is 0 Å². The number of hydrogen-bond donors (Lipinski definition) is 1. The van der Waals surface area contributed by atoms with Crippen LogP contribution in [-0.4, -0.2) is 38.6 Å². The molecule has 1 saturated heterocycles. The van der Waals surface area contributed by atoms with Crippen LogP contribution in [0.25, 0.3) is 0 Å². The van der Waals surface area contributed by atoms with Crippen molar-refractivity contribution >= 4 is 23.7 Å². The summed E-state index contributed by atoms with van der Waals surface area (Å²) >= 11 is 1.94. The van der Waals surface area contributed by atoms with Crippen molar-refractivity contribution < 1.29 is 0 Å². The van der Waals surface area contributed by atoms with Crippen LogP contribution in [0.1, 0.15) is 60.7 Å². The topological polar surface area (TPSA) is 46.0 Å². The third kappa shape index (κ3) is 3.95. The Labute approximate surface area is 172 Å². The van der Waals surface area contributed by atoms with E-state index in [4.69, 9.17) is 4.98 Å². The van der Waals surface area contributed by atoms with Gasteiger partial charge in [-0.15, -0.1) is 23.7 Å². The van der Waals surface area contributed by atoms with Crippen LogP contribution in [-0.2, 0) is 19.6 Å². The minimum Gasteiger partial charge on any atom is -0.334 e. The fourth-order valence-corrected chi connectivity index (χ4v) is 5.77. The zero-order valence-corrected chi connectivity index (χ0v) is 17.7. The molecule has 5 rings (SSSR count). The maximum Gasteiger partial charge on any atom is 0.122 e. The Morgan fingerprint density at radius 1 is 1.26 bits per heavy atom. The highest BCUT2D eigenvalue weighted by atomic mass is 35.5. The summed E-state index contributed by atoms with van der Waals surface area (Å²) in [6.45, 7) is 7.54. The van der Waals surface area contributed by atoms with E-state index in [1.807, 2.05) is 17.5 Å². The van der Waals surface area contributed by atoms with E-state index in [1.54, 1.807) is 0 Å². The lowest BCUT2D eigenvalue weighted by atomic mass is 9.93. The van der Waals surface area contributed by atoms with Crippen LogP contribution >= 0.6 is 23.7 Å². The van der Waals surface area contributed by atoms with Crippen LogP contribution in [0.15, 0.2) is 18.6 Å². The van der Waals surface area contributed by atoms with Crippen molar-refractivity contribution in [2.45, 2.75) is 70.6 Å². The molecule has 2 aliphatic carbocycles. The second-order valence-corrected chi connectivity index (χ2v) is 9.45. The van der Waals surface area contributed by atoms with Gasteiger partial charge in [-0.25, -0.2) is 9.97 Å². The first-order valence-corrected chi connectivity index (χ1v) is 11.0. The van der Waals surface area contributed by atoms with Crippen molar-refractivity contribution in [1.82, 2.24) is 24.8 Å². The lowest BCUT2D eigenvalue weighted by Gasteiger charge is -2.29. The summed E-state index contributed by atoms with van der Waals surface area (Å²) in [5.41, 5.74) is 0.554. The molecule has 2 aromatic heterocycles. The van der Waals surface area contributed by atoms with E-state index < -0.39 is 0 Å². The van der Waals surface area contributed by atoms with Gasteiger partial charge in [0.05, 0.1) is 11.6 Å². The number of rotatable bonds is 7. The van der Waals surface area contributed by atoms with Crippen molar-refractivity contribution in [2.75, 3.05) is 13.1 Å². The van der Waals surface area contributed by atoms with Gasteiger partial charge in [0, 0.05) is 48.5 Å². The molecule has 0 bridgehead atoms. The van der Waals surface area contributed by atoms with Crippen LogP contribution in [0.5, 0.6) is 0 Å². The monoisotopic (exact) mass is 407 g/mol. The van der Waals surface area contributed by atoms with Crippen LogP contribution in [0.2, 0.25) is 0 Å². The summed E-state index contributed by atoms with van der Waals surface area (Å²) in [5, 5.41) is 4.90. The Kier molecular flexibility index (Phi) is 5.61. The van der Waals surface area contributed by atoms with Gasteiger partial charge in [-0.2, -0.15) is 0 Å². The molecule has 1 atom stereocenters. The molecule has 2 aromatic rings. The molecular weight excluding hydrogens is 378 g/mol. The molecule has 1 unspecified atom stereocenters. The number of imidazole rings is 1. The summed E-state index contributed by atoms with van der Waals surface area (Å²) in [7, 11) is 0. The minimum atomic E-state index is 0. The Morgan fingerprint density at radius 3 is 2.81 bits per heavy atom. The number of nitrogens with one attached hydrogen (secondary N) is 1. The second kappa shape index (κ2) is 7.82. The molecule has 148 valence electrons. The number of hydrogen-bond acceptors (Lipinski definition) is 5. The summed E-state index contributed by atoms with van der Waals surface area (Å²) in [4.78, 5) is 13.5. The summed E-state index contributed by atoms with van der Waals surface area (Å²) in [5.74, 6) is 1.97. The molecule has 3 fully saturated rings. The number of thiazole rings is 1. The quantitative estimate of drug-likeness (QED) is 0.758. The van der Waals surface area contributed by atoms with Crippen LogP contribution in [0.4, 0.5) is 0 Å². The number of aromatic nitrogens is 3. The van der Waals surface area contributed by atoms with Gasteiger partial charge in [-0.1, -0.05) is 0 Å². The maximum absolute atomic E-state index is 4.71.